The molecule has 3 aromatic rings. The van der Waals surface area contributed by atoms with E-state index in [1.807, 2.05) is 31.3 Å². The molecular weight excluding hydrogens is 318 g/mol. The van der Waals surface area contributed by atoms with Crippen molar-refractivity contribution < 1.29 is 4.79 Å². The zero-order chi connectivity index (χ0) is 16.9. The molecule has 2 aromatic carbocycles. The lowest BCUT2D eigenvalue weighted by Gasteiger charge is -2.17. The van der Waals surface area contributed by atoms with E-state index in [9.17, 15) is 4.79 Å². The minimum Gasteiger partial charge on any atom is -0.342 e. The minimum atomic E-state index is 0.129. The molecule has 0 saturated carbocycles. The number of amides is 1. The van der Waals surface area contributed by atoms with Crippen molar-refractivity contribution in [3.8, 4) is 0 Å². The maximum atomic E-state index is 12.3. The summed E-state index contributed by atoms with van der Waals surface area (Å²) in [7, 11) is 1.85. The fourth-order valence-corrected chi connectivity index (χ4v) is 3.04. The Balaban J connectivity index is 1.55. The normalized spacial score (nSPS) is 10.9. The van der Waals surface area contributed by atoms with Gasteiger partial charge in [0.15, 0.2) is 0 Å². The molecule has 1 aromatic heterocycles. The number of carbonyl (C=O) groups excluding carboxylic acids is 1. The van der Waals surface area contributed by atoms with Crippen LogP contribution in [0.2, 0.25) is 0 Å². The number of nitrogens with one attached hydrogen (secondary N) is 1. The largest absolute Gasteiger partial charge is 0.342 e. The van der Waals surface area contributed by atoms with Crippen LogP contribution in [0, 0.1) is 0 Å². The Bertz CT molecular complexity index is 793. The zero-order valence-electron chi connectivity index (χ0n) is 14.0. The molecule has 5 heteroatoms. The van der Waals surface area contributed by atoms with Crippen molar-refractivity contribution in [2.24, 2.45) is 0 Å². The molecule has 1 heterocycles. The van der Waals surface area contributed by atoms with Crippen LogP contribution in [0.15, 0.2) is 53.4 Å². The summed E-state index contributed by atoms with van der Waals surface area (Å²) in [5.74, 6) is 0.992. The number of aromatic amines is 1. The molecule has 124 valence electrons. The fraction of sp³-hybridized carbons (Fsp3) is 0.263. The highest BCUT2D eigenvalue weighted by Crippen LogP contribution is 2.16. The topological polar surface area (TPSA) is 49.0 Å². The van der Waals surface area contributed by atoms with Crippen LogP contribution in [0.3, 0.4) is 0 Å². The van der Waals surface area contributed by atoms with Gasteiger partial charge in [0.25, 0.3) is 0 Å². The Hall–Kier alpha value is -2.27. The van der Waals surface area contributed by atoms with Crippen molar-refractivity contribution >= 4 is 28.7 Å². The van der Waals surface area contributed by atoms with E-state index in [1.54, 1.807) is 16.7 Å². The number of thioether (sulfide) groups is 1. The van der Waals surface area contributed by atoms with Gasteiger partial charge in [-0.05, 0) is 36.1 Å². The number of hydrogen-bond acceptors (Lipinski definition) is 3. The summed E-state index contributed by atoms with van der Waals surface area (Å²) in [6, 6.07) is 16.3. The van der Waals surface area contributed by atoms with E-state index in [0.717, 1.165) is 22.4 Å². The molecule has 0 spiro atoms. The maximum Gasteiger partial charge on any atom is 0.223 e. The number of H-pyrrole nitrogens is 1. The molecule has 4 nitrogen and oxygen atoms in total. The highest BCUT2D eigenvalue weighted by atomic mass is 32.2. The SMILES string of the molecule is CSc1ccc(CN(C)C(=O)CCc2nc3ccccc3[nH]2)cc1. The lowest BCUT2D eigenvalue weighted by atomic mass is 10.2. The van der Waals surface area contributed by atoms with Crippen LogP contribution in [0.1, 0.15) is 17.8 Å². The quantitative estimate of drug-likeness (QED) is 0.694. The van der Waals surface area contributed by atoms with Gasteiger partial charge in [0.1, 0.15) is 5.82 Å². The van der Waals surface area contributed by atoms with Gasteiger partial charge in [0.2, 0.25) is 5.91 Å². The highest BCUT2D eigenvalue weighted by Gasteiger charge is 2.11. The molecule has 1 N–H and O–H groups in total. The van der Waals surface area contributed by atoms with E-state index in [1.165, 1.54) is 4.90 Å². The number of fused-ring (bicyclic) bond motifs is 1. The van der Waals surface area contributed by atoms with Gasteiger partial charge in [0.05, 0.1) is 11.0 Å². The summed E-state index contributed by atoms with van der Waals surface area (Å²) in [4.78, 5) is 23.1. The number of aryl methyl sites for hydroxylation is 1. The minimum absolute atomic E-state index is 0.129. The first-order valence-electron chi connectivity index (χ1n) is 7.96. The van der Waals surface area contributed by atoms with Gasteiger partial charge in [-0.25, -0.2) is 4.98 Å². The van der Waals surface area contributed by atoms with Crippen LogP contribution in [0.25, 0.3) is 11.0 Å². The second-order valence-electron chi connectivity index (χ2n) is 5.80. The molecule has 3 rings (SSSR count). The van der Waals surface area contributed by atoms with Gasteiger partial charge < -0.3 is 9.88 Å². The summed E-state index contributed by atoms with van der Waals surface area (Å²) in [6.45, 7) is 0.633. The van der Waals surface area contributed by atoms with Crippen molar-refractivity contribution in [3.05, 3.63) is 59.9 Å². The molecule has 0 fully saturated rings. The molecular formula is C19H21N3OS. The van der Waals surface area contributed by atoms with E-state index in [4.69, 9.17) is 0 Å². The van der Waals surface area contributed by atoms with Crippen molar-refractivity contribution in [3.63, 3.8) is 0 Å². The number of aromatic nitrogens is 2. The summed E-state index contributed by atoms with van der Waals surface area (Å²) in [6.07, 6.45) is 3.14. The third kappa shape index (κ3) is 3.97. The van der Waals surface area contributed by atoms with Gasteiger partial charge in [-0.3, -0.25) is 4.79 Å². The first-order chi connectivity index (χ1) is 11.7. The van der Waals surface area contributed by atoms with Crippen LogP contribution in [-0.2, 0) is 17.8 Å². The molecule has 1 amide bonds. The second-order valence-corrected chi connectivity index (χ2v) is 6.68. The Labute approximate surface area is 146 Å². The van der Waals surface area contributed by atoms with Crippen molar-refractivity contribution in [2.75, 3.05) is 13.3 Å². The number of nitrogens with zero attached hydrogens (tertiary/aromatic N) is 2. The highest BCUT2D eigenvalue weighted by molar-refractivity contribution is 7.98. The van der Waals surface area contributed by atoms with Gasteiger partial charge >= 0.3 is 0 Å². The van der Waals surface area contributed by atoms with E-state index < -0.39 is 0 Å². The Morgan fingerprint density at radius 3 is 2.62 bits per heavy atom. The van der Waals surface area contributed by atoms with E-state index in [2.05, 4.69) is 40.5 Å². The molecule has 0 aliphatic heterocycles. The van der Waals surface area contributed by atoms with Crippen molar-refractivity contribution in [1.82, 2.24) is 14.9 Å². The van der Waals surface area contributed by atoms with Gasteiger partial charge in [-0.1, -0.05) is 24.3 Å². The van der Waals surface area contributed by atoms with E-state index in [0.29, 0.717) is 19.4 Å². The summed E-state index contributed by atoms with van der Waals surface area (Å²) in [5.41, 5.74) is 3.11. The second kappa shape index (κ2) is 7.53. The molecule has 0 atom stereocenters. The lowest BCUT2D eigenvalue weighted by molar-refractivity contribution is -0.130. The lowest BCUT2D eigenvalue weighted by Crippen LogP contribution is -2.26. The average Bonchev–Trinajstić information content (AvgIpc) is 3.03. The smallest absolute Gasteiger partial charge is 0.223 e. The number of rotatable bonds is 6. The number of benzene rings is 2. The zero-order valence-corrected chi connectivity index (χ0v) is 14.8. The average molecular weight is 339 g/mol. The number of hydrogen-bond donors (Lipinski definition) is 1. The molecule has 0 radical (unpaired) electrons. The van der Waals surface area contributed by atoms with Crippen LogP contribution in [0.5, 0.6) is 0 Å². The van der Waals surface area contributed by atoms with Crippen LogP contribution in [-0.4, -0.2) is 34.1 Å². The van der Waals surface area contributed by atoms with Crippen LogP contribution < -0.4 is 0 Å². The Morgan fingerprint density at radius 2 is 1.92 bits per heavy atom. The monoisotopic (exact) mass is 339 g/mol. The number of imidazole rings is 1. The van der Waals surface area contributed by atoms with Gasteiger partial charge in [-0.15, -0.1) is 11.8 Å². The number of carbonyl (C=O) groups is 1. The fourth-order valence-electron chi connectivity index (χ4n) is 2.63. The van der Waals surface area contributed by atoms with Crippen molar-refractivity contribution in [2.45, 2.75) is 24.3 Å². The van der Waals surface area contributed by atoms with Crippen LogP contribution in [0.4, 0.5) is 0 Å². The first-order valence-corrected chi connectivity index (χ1v) is 9.18. The molecule has 24 heavy (non-hydrogen) atoms. The third-order valence-electron chi connectivity index (χ3n) is 4.02. The molecule has 0 unspecified atom stereocenters. The van der Waals surface area contributed by atoms with E-state index >= 15 is 0 Å². The number of para-hydroxylation sites is 2. The molecule has 0 aliphatic carbocycles. The van der Waals surface area contributed by atoms with E-state index in [-0.39, 0.29) is 5.91 Å². The van der Waals surface area contributed by atoms with Crippen molar-refractivity contribution in [1.29, 1.82) is 0 Å². The van der Waals surface area contributed by atoms with Gasteiger partial charge in [0, 0.05) is 31.3 Å². The summed E-state index contributed by atoms with van der Waals surface area (Å²) < 4.78 is 0. The maximum absolute atomic E-state index is 12.3. The van der Waals surface area contributed by atoms with Gasteiger partial charge in [-0.2, -0.15) is 0 Å². The van der Waals surface area contributed by atoms with Crippen LogP contribution >= 0.6 is 11.8 Å². The predicted octanol–water partition coefficient (Wildman–Crippen LogP) is 3.88. The molecule has 0 aliphatic rings. The standard InChI is InChI=1S/C19H21N3OS/c1-22(13-14-7-9-15(24-2)10-8-14)19(23)12-11-18-20-16-5-3-4-6-17(16)21-18/h3-10H,11-13H2,1-2H3,(H,20,21). The summed E-state index contributed by atoms with van der Waals surface area (Å²) in [5, 5.41) is 0. The predicted molar refractivity (Wildman–Crippen MR) is 99.1 cm³/mol. The Morgan fingerprint density at radius 1 is 1.17 bits per heavy atom. The Kier molecular flexibility index (Phi) is 5.20. The molecule has 0 bridgehead atoms. The first kappa shape index (κ1) is 16.6. The third-order valence-corrected chi connectivity index (χ3v) is 4.76. The molecule has 0 saturated heterocycles. The summed E-state index contributed by atoms with van der Waals surface area (Å²) >= 11 is 1.72.